The molecule has 0 saturated carbocycles. The normalized spacial score (nSPS) is 20.4. The summed E-state index contributed by atoms with van der Waals surface area (Å²) in [4.78, 5) is 2.17. The highest BCUT2D eigenvalue weighted by Crippen LogP contribution is 2.35. The maximum Gasteiger partial charge on any atom is 0.0853 e. The van der Waals surface area contributed by atoms with Crippen LogP contribution in [0.25, 0.3) is 0 Å². The van der Waals surface area contributed by atoms with Crippen molar-refractivity contribution in [1.82, 2.24) is 4.90 Å². The summed E-state index contributed by atoms with van der Waals surface area (Å²) in [5.74, 6) is 0. The molecule has 1 N–H and O–H groups in total. The zero-order valence-electron chi connectivity index (χ0n) is 13.8. The Morgan fingerprint density at radius 1 is 1.29 bits per heavy atom. The van der Waals surface area contributed by atoms with Crippen LogP contribution in [0.5, 0.6) is 0 Å². The van der Waals surface area contributed by atoms with Crippen LogP contribution in [0.15, 0.2) is 24.3 Å². The molecule has 2 unspecified atom stereocenters. The molecule has 0 bridgehead atoms. The van der Waals surface area contributed by atoms with E-state index in [1.807, 2.05) is 0 Å². The van der Waals surface area contributed by atoms with Gasteiger partial charge in [-0.2, -0.15) is 0 Å². The molecule has 3 nitrogen and oxygen atoms in total. The summed E-state index contributed by atoms with van der Waals surface area (Å²) in [5, 5.41) is 10.9. The average molecular weight is 291 g/mol. The third kappa shape index (κ3) is 3.15. The highest BCUT2D eigenvalue weighted by atomic mass is 16.5. The molecule has 0 aliphatic carbocycles. The van der Waals surface area contributed by atoms with Crippen molar-refractivity contribution in [2.45, 2.75) is 57.3 Å². The molecular weight excluding hydrogens is 262 g/mol. The molecule has 2 rings (SSSR count). The standard InChI is InChI=1S/C18H29NO2/c1-5-18(6-2,19(3)4)17(20)13-16-15-10-8-7-9-14(15)11-12-21-16/h7-10,16-17,20H,5-6,11-13H2,1-4H3. The molecule has 0 radical (unpaired) electrons. The third-order valence-corrected chi connectivity index (χ3v) is 5.27. The van der Waals surface area contributed by atoms with Crippen molar-refractivity contribution in [1.29, 1.82) is 0 Å². The smallest absolute Gasteiger partial charge is 0.0853 e. The van der Waals surface area contributed by atoms with E-state index in [0.717, 1.165) is 25.9 Å². The van der Waals surface area contributed by atoms with Gasteiger partial charge in [0, 0.05) is 12.0 Å². The van der Waals surface area contributed by atoms with Gasteiger partial charge in [0.1, 0.15) is 0 Å². The first-order chi connectivity index (χ1) is 10.0. The highest BCUT2D eigenvalue weighted by molar-refractivity contribution is 5.31. The molecule has 0 saturated heterocycles. The van der Waals surface area contributed by atoms with E-state index in [9.17, 15) is 5.11 Å². The molecule has 1 heterocycles. The summed E-state index contributed by atoms with van der Waals surface area (Å²) < 4.78 is 5.96. The summed E-state index contributed by atoms with van der Waals surface area (Å²) >= 11 is 0. The van der Waals surface area contributed by atoms with Crippen molar-refractivity contribution in [3.05, 3.63) is 35.4 Å². The Morgan fingerprint density at radius 2 is 1.95 bits per heavy atom. The molecule has 21 heavy (non-hydrogen) atoms. The van der Waals surface area contributed by atoms with Gasteiger partial charge >= 0.3 is 0 Å². The minimum atomic E-state index is -0.390. The summed E-state index contributed by atoms with van der Waals surface area (Å²) in [6.45, 7) is 5.06. The van der Waals surface area contributed by atoms with Gasteiger partial charge in [-0.3, -0.25) is 0 Å². The average Bonchev–Trinajstić information content (AvgIpc) is 2.49. The lowest BCUT2D eigenvalue weighted by atomic mass is 9.81. The van der Waals surface area contributed by atoms with Crippen LogP contribution in [0.1, 0.15) is 50.3 Å². The summed E-state index contributed by atoms with van der Waals surface area (Å²) in [6, 6.07) is 8.46. The Bertz CT molecular complexity index is 454. The van der Waals surface area contributed by atoms with Gasteiger partial charge in [-0.25, -0.2) is 0 Å². The van der Waals surface area contributed by atoms with Crippen LogP contribution < -0.4 is 0 Å². The quantitative estimate of drug-likeness (QED) is 0.874. The number of hydrogen-bond acceptors (Lipinski definition) is 3. The van der Waals surface area contributed by atoms with Gasteiger partial charge < -0.3 is 14.7 Å². The lowest BCUT2D eigenvalue weighted by Crippen LogP contribution is -2.53. The van der Waals surface area contributed by atoms with Gasteiger partial charge in [0.25, 0.3) is 0 Å². The van der Waals surface area contributed by atoms with Crippen LogP contribution in [0.2, 0.25) is 0 Å². The van der Waals surface area contributed by atoms with E-state index in [4.69, 9.17) is 4.74 Å². The van der Waals surface area contributed by atoms with E-state index < -0.39 is 6.10 Å². The summed E-state index contributed by atoms with van der Waals surface area (Å²) in [6.07, 6.45) is 3.14. The molecule has 0 fully saturated rings. The van der Waals surface area contributed by atoms with Crippen molar-refractivity contribution in [2.75, 3.05) is 20.7 Å². The van der Waals surface area contributed by atoms with Crippen LogP contribution in [-0.2, 0) is 11.2 Å². The molecule has 1 aromatic rings. The van der Waals surface area contributed by atoms with Gasteiger partial charge in [0.05, 0.1) is 18.8 Å². The van der Waals surface area contributed by atoms with Crippen LogP contribution >= 0.6 is 0 Å². The van der Waals surface area contributed by atoms with Crippen LogP contribution in [0, 0.1) is 0 Å². The first-order valence-electron chi connectivity index (χ1n) is 8.10. The van der Waals surface area contributed by atoms with Gasteiger partial charge in [-0.1, -0.05) is 38.1 Å². The van der Waals surface area contributed by atoms with Crippen molar-refractivity contribution in [3.63, 3.8) is 0 Å². The highest BCUT2D eigenvalue weighted by Gasteiger charge is 2.39. The van der Waals surface area contributed by atoms with Gasteiger partial charge in [-0.15, -0.1) is 0 Å². The number of hydrogen-bond donors (Lipinski definition) is 1. The Kier molecular flexibility index (Phi) is 5.42. The van der Waals surface area contributed by atoms with E-state index >= 15 is 0 Å². The largest absolute Gasteiger partial charge is 0.391 e. The SMILES string of the molecule is CCC(CC)(C(O)CC1OCCc2ccccc21)N(C)C. The fourth-order valence-electron chi connectivity index (χ4n) is 3.75. The summed E-state index contributed by atoms with van der Waals surface area (Å²) in [5.41, 5.74) is 2.45. The molecule has 0 aromatic heterocycles. The topological polar surface area (TPSA) is 32.7 Å². The number of aliphatic hydroxyl groups is 1. The maximum absolute atomic E-state index is 10.9. The van der Waals surface area contributed by atoms with E-state index in [1.165, 1.54) is 11.1 Å². The molecule has 3 heteroatoms. The third-order valence-electron chi connectivity index (χ3n) is 5.27. The molecule has 1 aliphatic rings. The second-order valence-electron chi connectivity index (χ2n) is 6.26. The van der Waals surface area contributed by atoms with E-state index in [1.54, 1.807) is 0 Å². The zero-order valence-corrected chi connectivity index (χ0v) is 13.8. The molecule has 1 aromatic carbocycles. The van der Waals surface area contributed by atoms with Gasteiger partial charge in [0.15, 0.2) is 0 Å². The van der Waals surface area contributed by atoms with Gasteiger partial charge in [-0.05, 0) is 44.5 Å². The van der Waals surface area contributed by atoms with E-state index in [-0.39, 0.29) is 11.6 Å². The van der Waals surface area contributed by atoms with Gasteiger partial charge in [0.2, 0.25) is 0 Å². The number of likely N-dealkylation sites (N-methyl/N-ethyl adjacent to an activating group) is 1. The Hall–Kier alpha value is -0.900. The van der Waals surface area contributed by atoms with E-state index in [0.29, 0.717) is 6.42 Å². The van der Waals surface area contributed by atoms with E-state index in [2.05, 4.69) is 57.1 Å². The second-order valence-corrected chi connectivity index (χ2v) is 6.26. The van der Waals surface area contributed by atoms with Crippen molar-refractivity contribution in [2.24, 2.45) is 0 Å². The molecule has 2 atom stereocenters. The number of ether oxygens (including phenoxy) is 1. The predicted molar refractivity (Wildman–Crippen MR) is 86.5 cm³/mol. The lowest BCUT2D eigenvalue weighted by molar-refractivity contribution is -0.0592. The molecule has 0 amide bonds. The summed E-state index contributed by atoms with van der Waals surface area (Å²) in [7, 11) is 4.12. The van der Waals surface area contributed by atoms with Crippen LogP contribution in [0.3, 0.4) is 0 Å². The number of benzene rings is 1. The fraction of sp³-hybridized carbons (Fsp3) is 0.667. The van der Waals surface area contributed by atoms with Crippen molar-refractivity contribution < 1.29 is 9.84 Å². The first-order valence-corrected chi connectivity index (χ1v) is 8.10. The second kappa shape index (κ2) is 6.91. The number of nitrogens with zero attached hydrogens (tertiary/aromatic N) is 1. The minimum absolute atomic E-state index is 0.0161. The number of fused-ring (bicyclic) bond motifs is 1. The van der Waals surface area contributed by atoms with Crippen molar-refractivity contribution in [3.8, 4) is 0 Å². The molecule has 0 spiro atoms. The Morgan fingerprint density at radius 3 is 2.57 bits per heavy atom. The zero-order chi connectivity index (χ0) is 15.5. The van der Waals surface area contributed by atoms with Crippen LogP contribution in [-0.4, -0.2) is 42.4 Å². The van der Waals surface area contributed by atoms with Crippen molar-refractivity contribution >= 4 is 0 Å². The Labute approximate surface area is 128 Å². The monoisotopic (exact) mass is 291 g/mol. The fourth-order valence-corrected chi connectivity index (χ4v) is 3.75. The molecule has 1 aliphatic heterocycles. The number of aliphatic hydroxyl groups excluding tert-OH is 1. The molecule has 118 valence electrons. The molecular formula is C18H29NO2. The minimum Gasteiger partial charge on any atom is -0.391 e. The maximum atomic E-state index is 10.9. The number of rotatable bonds is 6. The lowest BCUT2D eigenvalue weighted by Gasteiger charge is -2.44. The van der Waals surface area contributed by atoms with Crippen LogP contribution in [0.4, 0.5) is 0 Å². The Balaban J connectivity index is 2.18. The predicted octanol–water partition coefficient (Wildman–Crippen LogP) is 3.17. The first kappa shape index (κ1) is 16.5.